The van der Waals surface area contributed by atoms with Gasteiger partial charge in [0, 0.05) is 6.54 Å². The molecule has 0 spiro atoms. The van der Waals surface area contributed by atoms with Crippen molar-refractivity contribution in [1.29, 1.82) is 0 Å². The molecule has 1 rings (SSSR count). The largest absolute Gasteiger partial charge is 0.225 e. The second-order valence-electron chi connectivity index (χ2n) is 3.99. The van der Waals surface area contributed by atoms with E-state index in [1.54, 1.807) is 0 Å². The Morgan fingerprint density at radius 1 is 1.19 bits per heavy atom. The minimum Gasteiger partial charge on any atom is -0.225 e. The fourth-order valence-electron chi connectivity index (χ4n) is 1.46. The molecule has 2 nitrogen and oxygen atoms in total. The van der Waals surface area contributed by atoms with Gasteiger partial charge in [-0.25, -0.2) is 4.99 Å². The third-order valence-corrected chi connectivity index (χ3v) is 2.37. The second kappa shape index (κ2) is 7.84. The van der Waals surface area contributed by atoms with Gasteiger partial charge in [0.05, 0.1) is 11.7 Å². The van der Waals surface area contributed by atoms with Crippen LogP contribution in [-0.4, -0.2) is 12.6 Å². The number of nitrogens with zero attached hydrogens (tertiary/aromatic N) is 2. The molecule has 0 aliphatic rings. The molecule has 0 heterocycles. The molecule has 2 heteroatoms. The maximum absolute atomic E-state index is 4.17. The Hall–Kier alpha value is -1.40. The molecule has 0 unspecified atom stereocenters. The number of unbranched alkanes of at least 4 members (excludes halogenated alkanes) is 3. The maximum Gasteiger partial charge on any atom is 0.0948 e. The first-order valence-electron chi connectivity index (χ1n) is 6.02. The van der Waals surface area contributed by atoms with Gasteiger partial charge in [-0.15, -0.1) is 0 Å². The second-order valence-corrected chi connectivity index (χ2v) is 3.99. The Morgan fingerprint density at radius 2 is 2.06 bits per heavy atom. The Balaban J connectivity index is 2.33. The highest BCUT2D eigenvalue weighted by molar-refractivity contribution is 5.52. The van der Waals surface area contributed by atoms with E-state index in [0.29, 0.717) is 0 Å². The molecule has 1 aromatic carbocycles. The molecule has 0 radical (unpaired) electrons. The van der Waals surface area contributed by atoms with Crippen molar-refractivity contribution in [3.05, 3.63) is 29.8 Å². The summed E-state index contributed by atoms with van der Waals surface area (Å²) in [6.07, 6.45) is 4.96. The summed E-state index contributed by atoms with van der Waals surface area (Å²) in [5, 5.41) is 0. The summed E-state index contributed by atoms with van der Waals surface area (Å²) in [6, 6.07) is 10.8. The van der Waals surface area contributed by atoms with Crippen LogP contribution in [0.15, 0.2) is 34.3 Å². The summed E-state index contributed by atoms with van der Waals surface area (Å²) in [7, 11) is 0. The average molecular weight is 216 g/mol. The highest BCUT2D eigenvalue weighted by Gasteiger charge is 1.87. The maximum atomic E-state index is 4.17. The molecular weight excluding hydrogens is 196 g/mol. The summed E-state index contributed by atoms with van der Waals surface area (Å²) in [4.78, 5) is 8.32. The quantitative estimate of drug-likeness (QED) is 0.498. The first-order chi connectivity index (χ1) is 7.83. The van der Waals surface area contributed by atoms with Crippen LogP contribution in [0.2, 0.25) is 0 Å². The minimum atomic E-state index is 0.843. The lowest BCUT2D eigenvalue weighted by Gasteiger charge is -1.93. The molecule has 0 amide bonds. The number of aliphatic imine (C=N–C) groups is 2. The number of benzene rings is 1. The van der Waals surface area contributed by atoms with E-state index < -0.39 is 0 Å². The lowest BCUT2D eigenvalue weighted by atomic mass is 10.2. The van der Waals surface area contributed by atoms with Gasteiger partial charge in [0.15, 0.2) is 0 Å². The SMILES string of the molecule is CCCCCCN=C=Nc1cccc(C)c1. The zero-order valence-electron chi connectivity index (χ0n) is 10.2. The fraction of sp³-hybridized carbons (Fsp3) is 0.500. The topological polar surface area (TPSA) is 24.7 Å². The fourth-order valence-corrected chi connectivity index (χ4v) is 1.46. The molecule has 0 N–H and O–H groups in total. The first kappa shape index (κ1) is 12.7. The lowest BCUT2D eigenvalue weighted by Crippen LogP contribution is -1.80. The zero-order valence-corrected chi connectivity index (χ0v) is 10.2. The summed E-state index contributed by atoms with van der Waals surface area (Å²) in [5.74, 6) is 0. The summed E-state index contributed by atoms with van der Waals surface area (Å²) >= 11 is 0. The molecule has 16 heavy (non-hydrogen) atoms. The molecule has 0 saturated carbocycles. The zero-order chi connectivity index (χ0) is 11.6. The molecule has 86 valence electrons. The normalized spacial score (nSPS) is 9.62. The average Bonchev–Trinajstić information content (AvgIpc) is 2.28. The van der Waals surface area contributed by atoms with Crippen molar-refractivity contribution < 1.29 is 0 Å². The monoisotopic (exact) mass is 216 g/mol. The molecule has 0 fully saturated rings. The number of hydrogen-bond acceptors (Lipinski definition) is 2. The van der Waals surface area contributed by atoms with E-state index >= 15 is 0 Å². The third-order valence-electron chi connectivity index (χ3n) is 2.37. The van der Waals surface area contributed by atoms with Crippen LogP contribution < -0.4 is 0 Å². The predicted octanol–water partition coefficient (Wildman–Crippen LogP) is 4.38. The van der Waals surface area contributed by atoms with Crippen molar-refractivity contribution >= 4 is 11.7 Å². The van der Waals surface area contributed by atoms with Crippen molar-refractivity contribution in [2.75, 3.05) is 6.54 Å². The van der Waals surface area contributed by atoms with E-state index in [1.807, 2.05) is 18.2 Å². The number of aryl methyl sites for hydroxylation is 1. The van der Waals surface area contributed by atoms with Crippen molar-refractivity contribution in [1.82, 2.24) is 0 Å². The first-order valence-corrected chi connectivity index (χ1v) is 6.02. The van der Waals surface area contributed by atoms with E-state index in [9.17, 15) is 0 Å². The molecule has 0 aliphatic carbocycles. The van der Waals surface area contributed by atoms with Gasteiger partial charge in [0.1, 0.15) is 0 Å². The Morgan fingerprint density at radius 3 is 2.81 bits per heavy atom. The van der Waals surface area contributed by atoms with Crippen LogP contribution in [0.1, 0.15) is 38.2 Å². The van der Waals surface area contributed by atoms with Gasteiger partial charge in [-0.05, 0) is 31.0 Å². The van der Waals surface area contributed by atoms with Crippen LogP contribution in [0.3, 0.4) is 0 Å². The van der Waals surface area contributed by atoms with Crippen molar-refractivity contribution in [2.45, 2.75) is 39.5 Å². The minimum absolute atomic E-state index is 0.843. The van der Waals surface area contributed by atoms with Crippen LogP contribution in [0.5, 0.6) is 0 Å². The Bertz CT molecular complexity index is 363. The number of rotatable bonds is 6. The molecule has 0 aliphatic heterocycles. The van der Waals surface area contributed by atoms with Crippen LogP contribution in [0, 0.1) is 6.92 Å². The van der Waals surface area contributed by atoms with E-state index in [-0.39, 0.29) is 0 Å². The van der Waals surface area contributed by atoms with Crippen LogP contribution in [0.25, 0.3) is 0 Å². The van der Waals surface area contributed by atoms with Crippen LogP contribution >= 0.6 is 0 Å². The highest BCUT2D eigenvalue weighted by Crippen LogP contribution is 2.11. The van der Waals surface area contributed by atoms with E-state index in [2.05, 4.69) is 35.9 Å². The molecular formula is C14H20N2. The third kappa shape index (κ3) is 5.47. The predicted molar refractivity (Wildman–Crippen MR) is 69.7 cm³/mol. The van der Waals surface area contributed by atoms with E-state index in [4.69, 9.17) is 0 Å². The molecule has 0 bridgehead atoms. The smallest absolute Gasteiger partial charge is 0.0948 e. The van der Waals surface area contributed by atoms with Gasteiger partial charge < -0.3 is 0 Å². The van der Waals surface area contributed by atoms with Crippen molar-refractivity contribution in [2.24, 2.45) is 9.98 Å². The lowest BCUT2D eigenvalue weighted by molar-refractivity contribution is 0.676. The van der Waals surface area contributed by atoms with Gasteiger partial charge in [-0.3, -0.25) is 0 Å². The molecule has 0 atom stereocenters. The van der Waals surface area contributed by atoms with E-state index in [1.165, 1.54) is 24.8 Å². The summed E-state index contributed by atoms with van der Waals surface area (Å²) in [5.41, 5.74) is 2.14. The van der Waals surface area contributed by atoms with Gasteiger partial charge in [0.2, 0.25) is 0 Å². The Labute approximate surface area is 98.1 Å². The van der Waals surface area contributed by atoms with Gasteiger partial charge in [-0.1, -0.05) is 38.3 Å². The highest BCUT2D eigenvalue weighted by atomic mass is 14.8. The standard InChI is InChI=1S/C14H20N2/c1-3-4-5-6-10-15-12-16-14-9-7-8-13(2)11-14/h7-9,11H,3-6,10H2,1-2H3. The summed E-state index contributed by atoms with van der Waals surface area (Å²) < 4.78 is 0. The van der Waals surface area contributed by atoms with Crippen molar-refractivity contribution in [3.8, 4) is 0 Å². The molecule has 1 aromatic rings. The van der Waals surface area contributed by atoms with Gasteiger partial charge in [-0.2, -0.15) is 4.99 Å². The summed E-state index contributed by atoms with van der Waals surface area (Å²) in [6.45, 7) is 5.11. The van der Waals surface area contributed by atoms with Gasteiger partial charge >= 0.3 is 0 Å². The molecule has 0 aromatic heterocycles. The van der Waals surface area contributed by atoms with Gasteiger partial charge in [0.25, 0.3) is 0 Å². The van der Waals surface area contributed by atoms with Crippen LogP contribution in [-0.2, 0) is 0 Å². The van der Waals surface area contributed by atoms with Crippen molar-refractivity contribution in [3.63, 3.8) is 0 Å². The van der Waals surface area contributed by atoms with Crippen LogP contribution in [0.4, 0.5) is 5.69 Å². The Kier molecular flexibility index (Phi) is 6.20. The van der Waals surface area contributed by atoms with E-state index in [0.717, 1.165) is 18.7 Å². The molecule has 0 saturated heterocycles. The number of hydrogen-bond donors (Lipinski definition) is 0.